The number of hydrogen-bond acceptors (Lipinski definition) is 2. The van der Waals surface area contributed by atoms with Gasteiger partial charge in [-0.05, 0) is 32.6 Å². The van der Waals surface area contributed by atoms with Crippen LogP contribution in [0.5, 0.6) is 0 Å². The maximum atomic E-state index is 11.9. The molecule has 0 aromatic heterocycles. The second kappa shape index (κ2) is 5.17. The molecule has 0 bridgehead atoms. The van der Waals surface area contributed by atoms with Crippen molar-refractivity contribution in [3.8, 4) is 11.8 Å². The lowest BCUT2D eigenvalue weighted by Crippen LogP contribution is -2.37. The van der Waals surface area contributed by atoms with Crippen LogP contribution >= 0.6 is 0 Å². The van der Waals surface area contributed by atoms with Gasteiger partial charge in [-0.1, -0.05) is 0 Å². The molecule has 0 aromatic rings. The fourth-order valence-corrected chi connectivity index (χ4v) is 2.07. The third kappa shape index (κ3) is 2.36. The van der Waals surface area contributed by atoms with Crippen LogP contribution in [0, 0.1) is 11.8 Å². The van der Waals surface area contributed by atoms with Gasteiger partial charge < -0.3 is 4.74 Å². The summed E-state index contributed by atoms with van der Waals surface area (Å²) in [4.78, 5) is 11.9. The molecule has 0 heterocycles. The highest BCUT2D eigenvalue weighted by Crippen LogP contribution is 2.34. The van der Waals surface area contributed by atoms with Crippen molar-refractivity contribution in [2.24, 2.45) is 0 Å². The first-order valence-corrected chi connectivity index (χ1v) is 5.23. The lowest BCUT2D eigenvalue weighted by atomic mass is 9.93. The normalized spacial score (nSPS) is 18.7. The van der Waals surface area contributed by atoms with Gasteiger partial charge in [-0.2, -0.15) is 0 Å². The quantitative estimate of drug-likeness (QED) is 0.642. The van der Waals surface area contributed by atoms with Gasteiger partial charge in [-0.3, -0.25) is 4.79 Å². The first-order valence-electron chi connectivity index (χ1n) is 5.23. The maximum absolute atomic E-state index is 11.9. The van der Waals surface area contributed by atoms with Crippen LogP contribution < -0.4 is 0 Å². The van der Waals surface area contributed by atoms with Gasteiger partial charge in [0, 0.05) is 20.0 Å². The summed E-state index contributed by atoms with van der Waals surface area (Å²) in [5.41, 5.74) is -0.463. The molecule has 1 rings (SSSR count). The molecule has 1 fully saturated rings. The summed E-state index contributed by atoms with van der Waals surface area (Å²) >= 11 is 0. The molecule has 2 nitrogen and oxygen atoms in total. The van der Waals surface area contributed by atoms with E-state index in [0.29, 0.717) is 12.8 Å². The van der Waals surface area contributed by atoms with Crippen LogP contribution in [0.2, 0.25) is 0 Å². The van der Waals surface area contributed by atoms with Gasteiger partial charge in [-0.25, -0.2) is 0 Å². The lowest BCUT2D eigenvalue weighted by molar-refractivity contribution is -0.140. The van der Waals surface area contributed by atoms with Crippen molar-refractivity contribution < 1.29 is 9.53 Å². The van der Waals surface area contributed by atoms with Crippen LogP contribution in [0.4, 0.5) is 0 Å². The topological polar surface area (TPSA) is 26.3 Å². The van der Waals surface area contributed by atoms with Crippen molar-refractivity contribution in [3.05, 3.63) is 0 Å². The monoisotopic (exact) mass is 194 g/mol. The van der Waals surface area contributed by atoms with Crippen molar-refractivity contribution in [1.29, 1.82) is 0 Å². The predicted molar refractivity (Wildman–Crippen MR) is 55.9 cm³/mol. The number of Topliss-reactive ketones (excluding diaryl/α,β-unsaturated/α-hetero) is 1. The van der Waals surface area contributed by atoms with Gasteiger partial charge in [-0.15, -0.1) is 11.8 Å². The van der Waals surface area contributed by atoms with Crippen molar-refractivity contribution in [2.45, 2.75) is 51.0 Å². The zero-order chi connectivity index (χ0) is 10.4. The highest BCUT2D eigenvalue weighted by atomic mass is 16.5. The largest absolute Gasteiger partial charge is 0.370 e. The molecule has 14 heavy (non-hydrogen) atoms. The van der Waals surface area contributed by atoms with Gasteiger partial charge >= 0.3 is 0 Å². The fraction of sp³-hybridized carbons (Fsp3) is 0.750. The number of rotatable bonds is 4. The average molecular weight is 194 g/mol. The Balaban J connectivity index is 2.50. The molecule has 0 N–H and O–H groups in total. The number of carbonyl (C=O) groups excluding carboxylic acids is 1. The zero-order valence-corrected chi connectivity index (χ0v) is 9.06. The Morgan fingerprint density at radius 3 is 2.57 bits per heavy atom. The second-order valence-corrected chi connectivity index (χ2v) is 3.76. The summed E-state index contributed by atoms with van der Waals surface area (Å²) < 4.78 is 5.39. The summed E-state index contributed by atoms with van der Waals surface area (Å²) in [5, 5.41) is 0. The van der Waals surface area contributed by atoms with E-state index in [4.69, 9.17) is 4.74 Å². The van der Waals surface area contributed by atoms with E-state index in [1.165, 1.54) is 0 Å². The molecule has 2 heteroatoms. The van der Waals surface area contributed by atoms with Crippen LogP contribution in [-0.4, -0.2) is 18.5 Å². The first-order chi connectivity index (χ1) is 6.75. The van der Waals surface area contributed by atoms with Crippen molar-refractivity contribution in [2.75, 3.05) is 7.11 Å². The van der Waals surface area contributed by atoms with E-state index in [1.54, 1.807) is 14.0 Å². The highest BCUT2D eigenvalue weighted by molar-refractivity contribution is 5.87. The van der Waals surface area contributed by atoms with E-state index in [-0.39, 0.29) is 5.78 Å². The molecule has 1 aliphatic rings. The molecule has 1 saturated carbocycles. The molecule has 0 amide bonds. The summed E-state index contributed by atoms with van der Waals surface area (Å²) in [7, 11) is 1.65. The maximum Gasteiger partial charge on any atom is 0.165 e. The van der Waals surface area contributed by atoms with Crippen molar-refractivity contribution >= 4 is 5.78 Å². The van der Waals surface area contributed by atoms with Crippen LogP contribution in [0.25, 0.3) is 0 Å². The Labute approximate surface area is 86.0 Å². The Kier molecular flexibility index (Phi) is 4.16. The Morgan fingerprint density at radius 1 is 1.43 bits per heavy atom. The van der Waals surface area contributed by atoms with E-state index in [0.717, 1.165) is 25.7 Å². The van der Waals surface area contributed by atoms with E-state index in [1.807, 2.05) is 0 Å². The third-order valence-corrected chi connectivity index (χ3v) is 2.96. The van der Waals surface area contributed by atoms with Gasteiger partial charge in [0.05, 0.1) is 0 Å². The van der Waals surface area contributed by atoms with Gasteiger partial charge in [0.2, 0.25) is 0 Å². The molecular weight excluding hydrogens is 176 g/mol. The number of ketones is 1. The first kappa shape index (κ1) is 11.3. The van der Waals surface area contributed by atoms with E-state index >= 15 is 0 Å². The van der Waals surface area contributed by atoms with E-state index in [2.05, 4.69) is 11.8 Å². The molecule has 78 valence electrons. The Bertz CT molecular complexity index is 251. The molecule has 0 aliphatic heterocycles. The highest BCUT2D eigenvalue weighted by Gasteiger charge is 2.40. The van der Waals surface area contributed by atoms with Gasteiger partial charge in [0.1, 0.15) is 5.60 Å². The van der Waals surface area contributed by atoms with Gasteiger partial charge in [0.25, 0.3) is 0 Å². The summed E-state index contributed by atoms with van der Waals surface area (Å²) in [5.74, 6) is 5.96. The molecular formula is C12H18O2. The summed E-state index contributed by atoms with van der Waals surface area (Å²) in [6.07, 6.45) is 5.21. The predicted octanol–water partition coefficient (Wildman–Crippen LogP) is 2.32. The lowest BCUT2D eigenvalue weighted by Gasteiger charge is -2.25. The Morgan fingerprint density at radius 2 is 2.07 bits per heavy atom. The molecule has 0 aromatic carbocycles. The average Bonchev–Trinajstić information content (AvgIpc) is 2.67. The Hall–Kier alpha value is -0.810. The van der Waals surface area contributed by atoms with Gasteiger partial charge in [0.15, 0.2) is 5.78 Å². The third-order valence-electron chi connectivity index (χ3n) is 2.96. The molecule has 0 saturated heterocycles. The molecule has 0 spiro atoms. The van der Waals surface area contributed by atoms with Crippen LogP contribution in [0.3, 0.4) is 0 Å². The fourth-order valence-electron chi connectivity index (χ4n) is 2.07. The molecule has 1 aliphatic carbocycles. The zero-order valence-electron chi connectivity index (χ0n) is 9.06. The number of methoxy groups -OCH3 is 1. The van der Waals surface area contributed by atoms with Crippen LogP contribution in [0.15, 0.2) is 0 Å². The minimum atomic E-state index is -0.463. The minimum absolute atomic E-state index is 0.236. The number of ether oxygens (including phenoxy) is 1. The molecule has 0 unspecified atom stereocenters. The van der Waals surface area contributed by atoms with Crippen LogP contribution in [0.1, 0.15) is 45.4 Å². The SMILES string of the molecule is CC#CCCC(=O)C1(OC)CCCC1. The van der Waals surface area contributed by atoms with Crippen molar-refractivity contribution in [1.82, 2.24) is 0 Å². The van der Waals surface area contributed by atoms with Crippen LogP contribution in [-0.2, 0) is 9.53 Å². The smallest absolute Gasteiger partial charge is 0.165 e. The van der Waals surface area contributed by atoms with E-state index < -0.39 is 5.60 Å². The summed E-state index contributed by atoms with van der Waals surface area (Å²) in [6, 6.07) is 0. The molecule has 0 atom stereocenters. The number of hydrogen-bond donors (Lipinski definition) is 0. The standard InChI is InChI=1S/C12H18O2/c1-3-4-5-8-11(13)12(14-2)9-6-7-10-12/h5-10H2,1-2H3. The summed E-state index contributed by atoms with van der Waals surface area (Å²) in [6.45, 7) is 1.80. The molecule has 0 radical (unpaired) electrons. The minimum Gasteiger partial charge on any atom is -0.370 e. The second-order valence-electron chi connectivity index (χ2n) is 3.76. The van der Waals surface area contributed by atoms with Crippen molar-refractivity contribution in [3.63, 3.8) is 0 Å². The van der Waals surface area contributed by atoms with E-state index in [9.17, 15) is 4.79 Å². The number of carbonyl (C=O) groups is 1.